The van der Waals surface area contributed by atoms with E-state index < -0.39 is 0 Å². The second-order valence-corrected chi connectivity index (χ2v) is 7.42. The Labute approximate surface area is 159 Å². The van der Waals surface area contributed by atoms with Crippen LogP contribution in [0.2, 0.25) is 5.02 Å². The minimum atomic E-state index is 0.127. The highest BCUT2D eigenvalue weighted by molar-refractivity contribution is 8.00. The summed E-state index contributed by atoms with van der Waals surface area (Å²) in [4.78, 5) is 20.1. The molecule has 0 bridgehead atoms. The van der Waals surface area contributed by atoms with Crippen LogP contribution in [0.25, 0.3) is 0 Å². The van der Waals surface area contributed by atoms with Crippen LogP contribution < -0.4 is 0 Å². The number of aryl methyl sites for hydroxylation is 2. The zero-order chi connectivity index (χ0) is 18.4. The zero-order valence-electron chi connectivity index (χ0n) is 15.0. The Kier molecular flexibility index (Phi) is 7.09. The van der Waals surface area contributed by atoms with Crippen LogP contribution >= 0.6 is 23.4 Å². The van der Waals surface area contributed by atoms with E-state index in [0.29, 0.717) is 10.8 Å². The molecule has 0 aliphatic heterocycles. The molecule has 2 rings (SSSR count). The third kappa shape index (κ3) is 5.62. The standard InChI is InChI=1S/C20H23ClN2OS/c1-5-23(4)13-22-19-11-14(2)18(10-15(19)3)20(24)12-25-17-8-6-16(21)7-9-17/h6-11,13H,5,12H2,1-4H3. The Morgan fingerprint density at radius 3 is 2.52 bits per heavy atom. The van der Waals surface area contributed by atoms with Gasteiger partial charge in [0, 0.05) is 29.1 Å². The van der Waals surface area contributed by atoms with E-state index in [2.05, 4.69) is 11.9 Å². The Morgan fingerprint density at radius 1 is 1.20 bits per heavy atom. The van der Waals surface area contributed by atoms with Crippen LogP contribution in [0.1, 0.15) is 28.4 Å². The largest absolute Gasteiger partial charge is 0.366 e. The predicted octanol–water partition coefficient (Wildman–Crippen LogP) is 5.54. The lowest BCUT2D eigenvalue weighted by atomic mass is 10.0. The number of hydrogen-bond donors (Lipinski definition) is 0. The molecule has 2 aromatic carbocycles. The lowest BCUT2D eigenvalue weighted by Gasteiger charge is -2.11. The van der Waals surface area contributed by atoms with Crippen molar-refractivity contribution in [3.8, 4) is 0 Å². The van der Waals surface area contributed by atoms with Gasteiger partial charge in [-0.2, -0.15) is 0 Å². The molecule has 132 valence electrons. The predicted molar refractivity (Wildman–Crippen MR) is 109 cm³/mol. The second kappa shape index (κ2) is 9.07. The molecule has 0 amide bonds. The van der Waals surface area contributed by atoms with Crippen LogP contribution in [-0.4, -0.2) is 36.4 Å². The minimum absolute atomic E-state index is 0.127. The van der Waals surface area contributed by atoms with Crippen molar-refractivity contribution in [3.63, 3.8) is 0 Å². The number of carbonyl (C=O) groups is 1. The normalized spacial score (nSPS) is 11.1. The summed E-state index contributed by atoms with van der Waals surface area (Å²) in [7, 11) is 1.98. The SMILES string of the molecule is CCN(C)C=Nc1cc(C)c(C(=O)CSc2ccc(Cl)cc2)cc1C. The van der Waals surface area contributed by atoms with Gasteiger partial charge in [0.05, 0.1) is 17.8 Å². The van der Waals surface area contributed by atoms with E-state index in [0.717, 1.165) is 33.8 Å². The number of thioether (sulfide) groups is 1. The van der Waals surface area contributed by atoms with Crippen LogP contribution in [0.15, 0.2) is 46.3 Å². The number of benzene rings is 2. The summed E-state index contributed by atoms with van der Waals surface area (Å²) in [5, 5.41) is 0.701. The van der Waals surface area contributed by atoms with Crippen LogP contribution in [0.5, 0.6) is 0 Å². The summed E-state index contributed by atoms with van der Waals surface area (Å²) < 4.78 is 0. The third-order valence-corrected chi connectivity index (χ3v) is 5.18. The monoisotopic (exact) mass is 374 g/mol. The Bertz CT molecular complexity index is 772. The van der Waals surface area contributed by atoms with Gasteiger partial charge in [-0.25, -0.2) is 4.99 Å². The fraction of sp³-hybridized carbons (Fsp3) is 0.300. The highest BCUT2D eigenvalue weighted by atomic mass is 35.5. The van der Waals surface area contributed by atoms with Crippen molar-refractivity contribution in [2.24, 2.45) is 4.99 Å². The number of carbonyl (C=O) groups excluding carboxylic acids is 1. The lowest BCUT2D eigenvalue weighted by molar-refractivity contribution is 0.102. The van der Waals surface area contributed by atoms with Crippen molar-refractivity contribution < 1.29 is 4.79 Å². The molecule has 0 aliphatic rings. The molecule has 25 heavy (non-hydrogen) atoms. The molecule has 0 spiro atoms. The molecule has 0 heterocycles. The summed E-state index contributed by atoms with van der Waals surface area (Å²) in [6.45, 7) is 6.92. The number of halogens is 1. The van der Waals surface area contributed by atoms with Gasteiger partial charge in [-0.05, 0) is 68.3 Å². The van der Waals surface area contributed by atoms with Gasteiger partial charge in [-0.3, -0.25) is 4.79 Å². The van der Waals surface area contributed by atoms with Crippen molar-refractivity contribution in [2.75, 3.05) is 19.3 Å². The highest BCUT2D eigenvalue weighted by Crippen LogP contribution is 2.26. The maximum Gasteiger partial charge on any atom is 0.173 e. The zero-order valence-corrected chi connectivity index (χ0v) is 16.6. The van der Waals surface area contributed by atoms with Crippen LogP contribution in [0.4, 0.5) is 5.69 Å². The van der Waals surface area contributed by atoms with Crippen molar-refractivity contribution in [1.29, 1.82) is 0 Å². The van der Waals surface area contributed by atoms with Gasteiger partial charge in [0.25, 0.3) is 0 Å². The Hall–Kier alpha value is -1.78. The first-order valence-electron chi connectivity index (χ1n) is 8.18. The number of hydrogen-bond acceptors (Lipinski definition) is 3. The van der Waals surface area contributed by atoms with Gasteiger partial charge in [-0.15, -0.1) is 11.8 Å². The first-order valence-corrected chi connectivity index (χ1v) is 9.54. The first-order chi connectivity index (χ1) is 11.9. The average Bonchev–Trinajstić information content (AvgIpc) is 2.61. The van der Waals surface area contributed by atoms with Gasteiger partial charge in [0.15, 0.2) is 5.78 Å². The molecule has 0 unspecified atom stereocenters. The summed E-state index contributed by atoms with van der Waals surface area (Å²) >= 11 is 7.41. The number of ketones is 1. The topological polar surface area (TPSA) is 32.7 Å². The first kappa shape index (κ1) is 19.5. The van der Waals surface area contributed by atoms with E-state index in [1.165, 1.54) is 11.8 Å². The molecule has 3 nitrogen and oxygen atoms in total. The second-order valence-electron chi connectivity index (χ2n) is 5.94. The number of nitrogens with zero attached hydrogens (tertiary/aromatic N) is 2. The molecule has 0 saturated heterocycles. The van der Waals surface area contributed by atoms with Crippen LogP contribution in [0.3, 0.4) is 0 Å². The fourth-order valence-corrected chi connectivity index (χ4v) is 3.15. The average molecular weight is 375 g/mol. The molecule has 0 aromatic heterocycles. The van der Waals surface area contributed by atoms with Crippen molar-refractivity contribution in [2.45, 2.75) is 25.7 Å². The smallest absolute Gasteiger partial charge is 0.173 e. The summed E-state index contributed by atoms with van der Waals surface area (Å²) in [6.07, 6.45) is 1.82. The maximum atomic E-state index is 12.6. The van der Waals surface area contributed by atoms with Crippen molar-refractivity contribution in [3.05, 3.63) is 58.1 Å². The molecule has 0 radical (unpaired) electrons. The summed E-state index contributed by atoms with van der Waals surface area (Å²) in [5.41, 5.74) is 3.63. The molecule has 0 saturated carbocycles. The number of rotatable bonds is 7. The number of aliphatic imine (C=N–C) groups is 1. The summed E-state index contributed by atoms with van der Waals surface area (Å²) in [5.74, 6) is 0.532. The van der Waals surface area contributed by atoms with Gasteiger partial charge >= 0.3 is 0 Å². The molecule has 0 atom stereocenters. The third-order valence-electron chi connectivity index (χ3n) is 3.92. The van der Waals surface area contributed by atoms with E-state index in [4.69, 9.17) is 11.6 Å². The maximum absolute atomic E-state index is 12.6. The Morgan fingerprint density at radius 2 is 1.88 bits per heavy atom. The van der Waals surface area contributed by atoms with E-state index in [1.807, 2.05) is 68.5 Å². The van der Waals surface area contributed by atoms with E-state index in [1.54, 1.807) is 0 Å². The van der Waals surface area contributed by atoms with Gasteiger partial charge in [0.2, 0.25) is 0 Å². The van der Waals surface area contributed by atoms with Gasteiger partial charge < -0.3 is 4.90 Å². The molecule has 0 aliphatic carbocycles. The van der Waals surface area contributed by atoms with E-state index >= 15 is 0 Å². The molecule has 0 fully saturated rings. The lowest BCUT2D eigenvalue weighted by Crippen LogP contribution is -2.14. The minimum Gasteiger partial charge on any atom is -0.366 e. The molecular weight excluding hydrogens is 352 g/mol. The molecular formula is C20H23ClN2OS. The fourth-order valence-electron chi connectivity index (χ4n) is 2.24. The molecule has 5 heteroatoms. The molecule has 2 aromatic rings. The van der Waals surface area contributed by atoms with Gasteiger partial charge in [-0.1, -0.05) is 11.6 Å². The van der Waals surface area contributed by atoms with E-state index in [-0.39, 0.29) is 5.78 Å². The van der Waals surface area contributed by atoms with Gasteiger partial charge in [0.1, 0.15) is 0 Å². The number of Topliss-reactive ketones (excluding diaryl/α,β-unsaturated/α-hetero) is 1. The highest BCUT2D eigenvalue weighted by Gasteiger charge is 2.12. The molecule has 0 N–H and O–H groups in total. The Balaban J connectivity index is 2.10. The van der Waals surface area contributed by atoms with Crippen LogP contribution in [-0.2, 0) is 0 Å². The van der Waals surface area contributed by atoms with E-state index in [9.17, 15) is 4.79 Å². The quantitative estimate of drug-likeness (QED) is 0.276. The van der Waals surface area contributed by atoms with Crippen molar-refractivity contribution >= 4 is 41.2 Å². The van der Waals surface area contributed by atoms with Crippen LogP contribution in [0, 0.1) is 13.8 Å². The summed E-state index contributed by atoms with van der Waals surface area (Å²) in [6, 6.07) is 11.5. The van der Waals surface area contributed by atoms with Crippen molar-refractivity contribution in [1.82, 2.24) is 4.90 Å².